The molecule has 6 nitrogen and oxygen atoms in total. The second kappa shape index (κ2) is 9.72. The van der Waals surface area contributed by atoms with Gasteiger partial charge in [-0.2, -0.15) is 0 Å². The molecule has 0 aliphatic carbocycles. The Labute approximate surface area is 208 Å². The molecular formula is C26H26N4O2S2. The van der Waals surface area contributed by atoms with Crippen LogP contribution < -0.4 is 10.5 Å². The van der Waals surface area contributed by atoms with Gasteiger partial charge in [-0.3, -0.25) is 18.9 Å². The molecular weight excluding hydrogens is 464 g/mol. The van der Waals surface area contributed by atoms with Gasteiger partial charge in [0.05, 0.1) is 10.5 Å². The highest BCUT2D eigenvalue weighted by atomic mass is 32.2. The molecule has 0 bridgehead atoms. The van der Waals surface area contributed by atoms with E-state index in [1.807, 2.05) is 37.3 Å². The first kappa shape index (κ1) is 22.8. The summed E-state index contributed by atoms with van der Waals surface area (Å²) in [5.74, 6) is 0.523. The van der Waals surface area contributed by atoms with E-state index in [1.54, 1.807) is 21.6 Å². The number of aryl methyl sites for hydroxylation is 2. The van der Waals surface area contributed by atoms with Gasteiger partial charge in [-0.1, -0.05) is 60.4 Å². The number of aromatic nitrogens is 2. The lowest BCUT2D eigenvalue weighted by Crippen LogP contribution is -2.30. The predicted octanol–water partition coefficient (Wildman–Crippen LogP) is 4.44. The zero-order chi connectivity index (χ0) is 23.7. The monoisotopic (exact) mass is 490 g/mol. The predicted molar refractivity (Wildman–Crippen MR) is 142 cm³/mol. The van der Waals surface area contributed by atoms with Crippen LogP contribution in [0.3, 0.4) is 0 Å². The van der Waals surface area contributed by atoms with Crippen molar-refractivity contribution in [3.8, 4) is 0 Å². The van der Waals surface area contributed by atoms with Gasteiger partial charge in [0, 0.05) is 25.8 Å². The summed E-state index contributed by atoms with van der Waals surface area (Å²) >= 11 is 6.79. The molecule has 0 radical (unpaired) electrons. The molecule has 0 unspecified atom stereocenters. The summed E-state index contributed by atoms with van der Waals surface area (Å²) in [4.78, 5) is 35.9. The van der Waals surface area contributed by atoms with Gasteiger partial charge in [0.25, 0.3) is 11.5 Å². The topological polar surface area (TPSA) is 57.9 Å². The number of carbonyl (C=O) groups is 1. The molecule has 1 aromatic carbocycles. The average molecular weight is 491 g/mol. The lowest BCUT2D eigenvalue weighted by molar-refractivity contribution is -0.122. The third-order valence-corrected chi connectivity index (χ3v) is 7.69. The van der Waals surface area contributed by atoms with Crippen LogP contribution in [0.4, 0.5) is 5.82 Å². The average Bonchev–Trinajstić information content (AvgIpc) is 3.46. The molecule has 0 atom stereocenters. The first-order chi connectivity index (χ1) is 16.5. The van der Waals surface area contributed by atoms with Gasteiger partial charge in [0.15, 0.2) is 0 Å². The number of pyridine rings is 1. The Hall–Kier alpha value is -2.97. The molecule has 174 valence electrons. The van der Waals surface area contributed by atoms with E-state index < -0.39 is 0 Å². The fraction of sp³-hybridized carbons (Fsp3) is 0.308. The molecule has 0 saturated carbocycles. The van der Waals surface area contributed by atoms with E-state index in [0.717, 1.165) is 44.3 Å². The van der Waals surface area contributed by atoms with Gasteiger partial charge >= 0.3 is 0 Å². The van der Waals surface area contributed by atoms with E-state index in [-0.39, 0.29) is 11.5 Å². The van der Waals surface area contributed by atoms with E-state index in [1.165, 1.54) is 17.3 Å². The van der Waals surface area contributed by atoms with Crippen LogP contribution in [0.5, 0.6) is 0 Å². The lowest BCUT2D eigenvalue weighted by atomic mass is 10.1. The maximum Gasteiger partial charge on any atom is 0.267 e. The molecule has 0 spiro atoms. The van der Waals surface area contributed by atoms with Crippen LogP contribution in [0.15, 0.2) is 58.4 Å². The van der Waals surface area contributed by atoms with Crippen LogP contribution >= 0.6 is 24.0 Å². The second-order valence-corrected chi connectivity index (χ2v) is 10.3. The number of nitrogens with zero attached hydrogens (tertiary/aromatic N) is 4. The van der Waals surface area contributed by atoms with E-state index >= 15 is 0 Å². The van der Waals surface area contributed by atoms with Gasteiger partial charge in [0.1, 0.15) is 15.8 Å². The Morgan fingerprint density at radius 1 is 1.09 bits per heavy atom. The smallest absolute Gasteiger partial charge is 0.267 e. The Bertz CT molecular complexity index is 1340. The number of benzene rings is 1. The highest BCUT2D eigenvalue weighted by Gasteiger charge is 2.32. The zero-order valence-electron chi connectivity index (χ0n) is 19.1. The minimum absolute atomic E-state index is 0.135. The molecule has 34 heavy (non-hydrogen) atoms. The van der Waals surface area contributed by atoms with Gasteiger partial charge in [-0.25, -0.2) is 4.98 Å². The summed E-state index contributed by atoms with van der Waals surface area (Å²) in [7, 11) is 0. The summed E-state index contributed by atoms with van der Waals surface area (Å²) in [6.45, 7) is 4.23. The van der Waals surface area contributed by atoms with Gasteiger partial charge < -0.3 is 4.90 Å². The quantitative estimate of drug-likeness (QED) is 0.376. The third-order valence-electron chi connectivity index (χ3n) is 6.31. The van der Waals surface area contributed by atoms with Crippen molar-refractivity contribution in [1.82, 2.24) is 14.3 Å². The summed E-state index contributed by atoms with van der Waals surface area (Å²) in [6, 6.07) is 14.0. The number of hydrogen-bond acceptors (Lipinski definition) is 6. The number of thioether (sulfide) groups is 1. The lowest BCUT2D eigenvalue weighted by Gasteiger charge is -2.20. The number of amides is 1. The van der Waals surface area contributed by atoms with Crippen molar-refractivity contribution in [3.63, 3.8) is 0 Å². The largest absolute Gasteiger partial charge is 0.356 e. The van der Waals surface area contributed by atoms with Crippen LogP contribution in [0.1, 0.15) is 36.0 Å². The Kier molecular flexibility index (Phi) is 6.52. The maximum absolute atomic E-state index is 13.5. The van der Waals surface area contributed by atoms with Crippen LogP contribution in [0.25, 0.3) is 11.7 Å². The fourth-order valence-electron chi connectivity index (χ4n) is 4.51. The van der Waals surface area contributed by atoms with Gasteiger partial charge in [-0.15, -0.1) is 0 Å². The van der Waals surface area contributed by atoms with Crippen molar-refractivity contribution < 1.29 is 4.79 Å². The van der Waals surface area contributed by atoms with E-state index in [4.69, 9.17) is 17.2 Å². The number of fused-ring (bicyclic) bond motifs is 1. The maximum atomic E-state index is 13.5. The number of rotatable bonds is 6. The van der Waals surface area contributed by atoms with Crippen molar-refractivity contribution in [1.29, 1.82) is 0 Å². The van der Waals surface area contributed by atoms with E-state index in [2.05, 4.69) is 17.0 Å². The van der Waals surface area contributed by atoms with Crippen molar-refractivity contribution in [2.75, 3.05) is 24.5 Å². The molecule has 1 amide bonds. The molecule has 2 fully saturated rings. The summed E-state index contributed by atoms with van der Waals surface area (Å²) in [5.41, 5.74) is 3.13. The van der Waals surface area contributed by atoms with Crippen LogP contribution in [-0.2, 0) is 11.2 Å². The molecule has 2 aliphatic rings. The molecule has 2 aliphatic heterocycles. The number of thiocarbonyl (C=S) groups is 1. The number of anilines is 1. The third kappa shape index (κ3) is 4.40. The SMILES string of the molecule is Cc1cccn2c(=O)c(C=C3SC(=S)N(CCCc4ccccc4)C3=O)c(N3CCCC3)nc12. The van der Waals surface area contributed by atoms with Crippen molar-refractivity contribution in [2.24, 2.45) is 0 Å². The minimum Gasteiger partial charge on any atom is -0.356 e. The Balaban J connectivity index is 1.46. The molecule has 0 N–H and O–H groups in total. The van der Waals surface area contributed by atoms with E-state index in [0.29, 0.717) is 32.8 Å². The fourth-order valence-corrected chi connectivity index (χ4v) is 5.80. The first-order valence-corrected chi connectivity index (χ1v) is 12.8. The van der Waals surface area contributed by atoms with E-state index in [9.17, 15) is 9.59 Å². The first-order valence-electron chi connectivity index (χ1n) is 11.6. The molecule has 2 aromatic heterocycles. The highest BCUT2D eigenvalue weighted by molar-refractivity contribution is 8.26. The van der Waals surface area contributed by atoms with Crippen molar-refractivity contribution in [3.05, 3.63) is 80.6 Å². The van der Waals surface area contributed by atoms with Crippen molar-refractivity contribution >= 4 is 51.7 Å². The summed E-state index contributed by atoms with van der Waals surface area (Å²) in [6.07, 6.45) is 7.27. The van der Waals surface area contributed by atoms with Crippen LogP contribution in [-0.4, -0.2) is 44.1 Å². The van der Waals surface area contributed by atoms with Gasteiger partial charge in [0.2, 0.25) is 0 Å². The molecule has 3 aromatic rings. The van der Waals surface area contributed by atoms with Gasteiger partial charge in [-0.05, 0) is 55.9 Å². The molecule has 5 rings (SSSR count). The highest BCUT2D eigenvalue weighted by Crippen LogP contribution is 2.34. The van der Waals surface area contributed by atoms with Crippen molar-refractivity contribution in [2.45, 2.75) is 32.6 Å². The molecule has 2 saturated heterocycles. The standard InChI is InChI=1S/C26H26N4O2S2/c1-18-9-7-15-29-22(18)27-23(28-13-5-6-14-28)20(24(29)31)17-21-25(32)30(26(33)34-21)16-8-12-19-10-3-2-4-11-19/h2-4,7,9-11,15,17H,5-6,8,12-14,16H2,1H3. The van der Waals surface area contributed by atoms with Crippen LogP contribution in [0, 0.1) is 6.92 Å². The zero-order valence-corrected chi connectivity index (χ0v) is 20.7. The molecule has 4 heterocycles. The Morgan fingerprint density at radius 2 is 1.85 bits per heavy atom. The number of hydrogen-bond donors (Lipinski definition) is 0. The normalized spacial score (nSPS) is 17.5. The number of carbonyl (C=O) groups excluding carboxylic acids is 1. The van der Waals surface area contributed by atoms with Crippen LogP contribution in [0.2, 0.25) is 0 Å². The second-order valence-electron chi connectivity index (χ2n) is 8.66. The molecule has 8 heteroatoms. The summed E-state index contributed by atoms with van der Waals surface area (Å²) in [5, 5.41) is 0. The summed E-state index contributed by atoms with van der Waals surface area (Å²) < 4.78 is 2.11. The Morgan fingerprint density at radius 3 is 2.62 bits per heavy atom. The minimum atomic E-state index is -0.162.